The van der Waals surface area contributed by atoms with Crippen LogP contribution in [-0.4, -0.2) is 10.9 Å². The highest BCUT2D eigenvalue weighted by Gasteiger charge is 2.12. The Morgan fingerprint density at radius 2 is 2.16 bits per heavy atom. The van der Waals surface area contributed by atoms with E-state index in [-0.39, 0.29) is 11.9 Å². The van der Waals surface area contributed by atoms with Crippen LogP contribution in [0.1, 0.15) is 29.0 Å². The minimum atomic E-state index is -0.207. The third kappa shape index (κ3) is 3.23. The van der Waals surface area contributed by atoms with E-state index in [1.54, 1.807) is 24.4 Å². The summed E-state index contributed by atoms with van der Waals surface area (Å²) in [7, 11) is 0. The number of hydrogen-bond donors (Lipinski definition) is 2. The minimum absolute atomic E-state index is 0.175. The van der Waals surface area contributed by atoms with Gasteiger partial charge in [0.15, 0.2) is 0 Å². The Kier molecular flexibility index (Phi) is 4.02. The Balaban J connectivity index is 2.11. The van der Waals surface area contributed by atoms with E-state index >= 15 is 0 Å². The van der Waals surface area contributed by atoms with Crippen LogP contribution in [0.2, 0.25) is 5.02 Å². The zero-order valence-electron chi connectivity index (χ0n) is 10.4. The molecule has 1 heterocycles. The van der Waals surface area contributed by atoms with Crippen molar-refractivity contribution in [3.05, 3.63) is 58.9 Å². The molecule has 3 N–H and O–H groups in total. The number of nitrogen functional groups attached to an aromatic ring is 1. The summed E-state index contributed by atoms with van der Waals surface area (Å²) in [6, 6.07) is 10.2. The van der Waals surface area contributed by atoms with Crippen LogP contribution in [0.5, 0.6) is 0 Å². The van der Waals surface area contributed by atoms with Crippen molar-refractivity contribution in [3.63, 3.8) is 0 Å². The number of rotatable bonds is 3. The molecular formula is C14H14ClN3O. The Bertz CT molecular complexity index is 586. The predicted octanol–water partition coefficient (Wildman–Crippen LogP) is 2.81. The Hall–Kier alpha value is -2.07. The third-order valence-corrected chi connectivity index (χ3v) is 3.08. The molecule has 4 nitrogen and oxygen atoms in total. The standard InChI is InChI=1S/C14H14ClN3O/c1-9(13-4-2-3-7-17-13)18-14(19)10-5-6-11(15)12(16)8-10/h2-9H,16H2,1H3,(H,18,19)/t9-/m1/s1. The van der Waals surface area contributed by atoms with Gasteiger partial charge >= 0.3 is 0 Å². The molecule has 0 fully saturated rings. The van der Waals surface area contributed by atoms with E-state index < -0.39 is 0 Å². The van der Waals surface area contributed by atoms with Crippen molar-refractivity contribution in [2.45, 2.75) is 13.0 Å². The lowest BCUT2D eigenvalue weighted by atomic mass is 10.1. The topological polar surface area (TPSA) is 68.0 Å². The SMILES string of the molecule is C[C@@H](NC(=O)c1ccc(Cl)c(N)c1)c1ccccn1. The quantitative estimate of drug-likeness (QED) is 0.847. The van der Waals surface area contributed by atoms with Gasteiger partial charge in [-0.05, 0) is 37.3 Å². The maximum Gasteiger partial charge on any atom is 0.251 e. The van der Waals surface area contributed by atoms with Gasteiger partial charge in [-0.15, -0.1) is 0 Å². The summed E-state index contributed by atoms with van der Waals surface area (Å²) in [5.74, 6) is -0.207. The Labute approximate surface area is 116 Å². The van der Waals surface area contributed by atoms with Crippen molar-refractivity contribution >= 4 is 23.2 Å². The van der Waals surface area contributed by atoms with Gasteiger partial charge in [-0.2, -0.15) is 0 Å². The summed E-state index contributed by atoms with van der Waals surface area (Å²) in [6.07, 6.45) is 1.69. The Morgan fingerprint density at radius 3 is 2.79 bits per heavy atom. The number of hydrogen-bond acceptors (Lipinski definition) is 3. The van der Waals surface area contributed by atoms with Crippen molar-refractivity contribution in [1.29, 1.82) is 0 Å². The molecule has 0 aliphatic carbocycles. The minimum Gasteiger partial charge on any atom is -0.398 e. The van der Waals surface area contributed by atoms with Crippen LogP contribution in [0.25, 0.3) is 0 Å². The Morgan fingerprint density at radius 1 is 1.37 bits per heavy atom. The molecule has 0 spiro atoms. The van der Waals surface area contributed by atoms with Gasteiger partial charge < -0.3 is 11.1 Å². The van der Waals surface area contributed by atoms with Crippen molar-refractivity contribution in [2.24, 2.45) is 0 Å². The van der Waals surface area contributed by atoms with E-state index in [2.05, 4.69) is 10.3 Å². The van der Waals surface area contributed by atoms with Gasteiger partial charge in [0, 0.05) is 11.8 Å². The summed E-state index contributed by atoms with van der Waals surface area (Å²) in [4.78, 5) is 16.3. The number of nitrogens with two attached hydrogens (primary N) is 1. The molecule has 19 heavy (non-hydrogen) atoms. The second-order valence-electron chi connectivity index (χ2n) is 4.19. The van der Waals surface area contributed by atoms with Gasteiger partial charge in [-0.25, -0.2) is 0 Å². The average Bonchev–Trinajstić information content (AvgIpc) is 2.42. The molecule has 0 aliphatic heterocycles. The number of amides is 1. The normalized spacial score (nSPS) is 11.9. The first-order chi connectivity index (χ1) is 9.08. The smallest absolute Gasteiger partial charge is 0.251 e. The van der Waals surface area contributed by atoms with Crippen molar-refractivity contribution in [1.82, 2.24) is 10.3 Å². The van der Waals surface area contributed by atoms with Crippen LogP contribution in [0.3, 0.4) is 0 Å². The second kappa shape index (κ2) is 5.71. The fourth-order valence-corrected chi connectivity index (χ4v) is 1.79. The second-order valence-corrected chi connectivity index (χ2v) is 4.59. The van der Waals surface area contributed by atoms with Crippen LogP contribution in [0.15, 0.2) is 42.6 Å². The van der Waals surface area contributed by atoms with Crippen LogP contribution < -0.4 is 11.1 Å². The number of carbonyl (C=O) groups excluding carboxylic acids is 1. The summed E-state index contributed by atoms with van der Waals surface area (Å²) in [5, 5.41) is 3.30. The van der Waals surface area contributed by atoms with Crippen molar-refractivity contribution < 1.29 is 4.79 Å². The highest BCUT2D eigenvalue weighted by Crippen LogP contribution is 2.20. The molecule has 0 bridgehead atoms. The van der Waals surface area contributed by atoms with E-state index in [0.29, 0.717) is 16.3 Å². The molecule has 1 aromatic carbocycles. The van der Waals surface area contributed by atoms with E-state index in [4.69, 9.17) is 17.3 Å². The molecule has 1 atom stereocenters. The number of nitrogens with zero attached hydrogens (tertiary/aromatic N) is 1. The first-order valence-electron chi connectivity index (χ1n) is 5.84. The molecule has 5 heteroatoms. The first kappa shape index (κ1) is 13.4. The molecule has 0 aliphatic rings. The molecular weight excluding hydrogens is 262 g/mol. The highest BCUT2D eigenvalue weighted by molar-refractivity contribution is 6.33. The molecule has 0 radical (unpaired) electrons. The molecule has 0 saturated heterocycles. The lowest BCUT2D eigenvalue weighted by Crippen LogP contribution is -2.27. The average molecular weight is 276 g/mol. The molecule has 2 rings (SSSR count). The molecule has 98 valence electrons. The zero-order valence-corrected chi connectivity index (χ0v) is 11.2. The third-order valence-electron chi connectivity index (χ3n) is 2.74. The number of halogens is 1. The largest absolute Gasteiger partial charge is 0.398 e. The van der Waals surface area contributed by atoms with Crippen LogP contribution >= 0.6 is 11.6 Å². The van der Waals surface area contributed by atoms with Gasteiger partial charge in [0.2, 0.25) is 0 Å². The molecule has 0 saturated carbocycles. The number of nitrogens with one attached hydrogen (secondary N) is 1. The summed E-state index contributed by atoms with van der Waals surface area (Å²) in [6.45, 7) is 1.87. The number of benzene rings is 1. The van der Waals surface area contributed by atoms with E-state index in [1.165, 1.54) is 0 Å². The highest BCUT2D eigenvalue weighted by atomic mass is 35.5. The van der Waals surface area contributed by atoms with Gasteiger partial charge in [0.25, 0.3) is 5.91 Å². The number of anilines is 1. The zero-order chi connectivity index (χ0) is 13.8. The number of pyridine rings is 1. The summed E-state index contributed by atoms with van der Waals surface area (Å²) < 4.78 is 0. The van der Waals surface area contributed by atoms with E-state index in [1.807, 2.05) is 25.1 Å². The lowest BCUT2D eigenvalue weighted by Gasteiger charge is -2.13. The van der Waals surface area contributed by atoms with Gasteiger partial charge in [0.05, 0.1) is 22.4 Å². The van der Waals surface area contributed by atoms with Crippen molar-refractivity contribution in [2.75, 3.05) is 5.73 Å². The van der Waals surface area contributed by atoms with Crippen molar-refractivity contribution in [3.8, 4) is 0 Å². The van der Waals surface area contributed by atoms with Crippen LogP contribution in [0.4, 0.5) is 5.69 Å². The van der Waals surface area contributed by atoms with Gasteiger partial charge in [-0.1, -0.05) is 17.7 Å². The lowest BCUT2D eigenvalue weighted by molar-refractivity contribution is 0.0939. The number of aromatic nitrogens is 1. The van der Waals surface area contributed by atoms with Crippen LogP contribution in [-0.2, 0) is 0 Å². The number of carbonyl (C=O) groups is 1. The summed E-state index contributed by atoms with van der Waals surface area (Å²) in [5.41, 5.74) is 7.34. The fraction of sp³-hybridized carbons (Fsp3) is 0.143. The van der Waals surface area contributed by atoms with E-state index in [0.717, 1.165) is 5.69 Å². The van der Waals surface area contributed by atoms with Gasteiger partial charge in [-0.3, -0.25) is 9.78 Å². The maximum atomic E-state index is 12.1. The van der Waals surface area contributed by atoms with E-state index in [9.17, 15) is 4.79 Å². The monoisotopic (exact) mass is 275 g/mol. The van der Waals surface area contributed by atoms with Gasteiger partial charge in [0.1, 0.15) is 0 Å². The summed E-state index contributed by atoms with van der Waals surface area (Å²) >= 11 is 5.82. The molecule has 1 aromatic heterocycles. The maximum absolute atomic E-state index is 12.1. The molecule has 2 aromatic rings. The molecule has 1 amide bonds. The van der Waals surface area contributed by atoms with Crippen LogP contribution in [0, 0.1) is 0 Å². The predicted molar refractivity (Wildman–Crippen MR) is 76.0 cm³/mol. The molecule has 0 unspecified atom stereocenters. The first-order valence-corrected chi connectivity index (χ1v) is 6.22. The fourth-order valence-electron chi connectivity index (χ4n) is 1.67.